The SMILES string of the molecule is [Cl-].[Hg+][CH2]C1CC1. The monoisotopic (exact) mass is 292 g/mol. The van der Waals surface area contributed by atoms with Crippen LogP contribution in [0.1, 0.15) is 12.8 Å². The Morgan fingerprint density at radius 3 is 2.00 bits per heavy atom. The van der Waals surface area contributed by atoms with Gasteiger partial charge in [0.2, 0.25) is 0 Å². The topological polar surface area (TPSA) is 0 Å². The predicted molar refractivity (Wildman–Crippen MR) is 17.5 cm³/mol. The fourth-order valence-corrected chi connectivity index (χ4v) is 2.65. The molecular formula is C4H7ClHg. The van der Waals surface area contributed by atoms with E-state index in [1.54, 1.807) is 16.8 Å². The summed E-state index contributed by atoms with van der Waals surface area (Å²) in [7, 11) is 0. The van der Waals surface area contributed by atoms with Crippen molar-refractivity contribution in [3.8, 4) is 0 Å². The van der Waals surface area contributed by atoms with Crippen molar-refractivity contribution in [2.75, 3.05) is 0 Å². The molecule has 0 aromatic carbocycles. The quantitative estimate of drug-likeness (QED) is 0.509. The average Bonchev–Trinajstić information content (AvgIpc) is 2.12. The summed E-state index contributed by atoms with van der Waals surface area (Å²) in [4.78, 5) is 0. The molecule has 0 heterocycles. The van der Waals surface area contributed by atoms with Crippen LogP contribution in [0.5, 0.6) is 0 Å². The standard InChI is InChI=1S/C4H7.ClH.Hg/c1-4-2-3-4;;/h4H,1-3H2;1H;/q;;+1/p-1. The molecule has 0 saturated heterocycles. The van der Waals surface area contributed by atoms with Crippen molar-refractivity contribution < 1.29 is 38.5 Å². The summed E-state index contributed by atoms with van der Waals surface area (Å²) >= 11 is 1.11. The Morgan fingerprint density at radius 2 is 2.00 bits per heavy atom. The second kappa shape index (κ2) is 3.26. The van der Waals surface area contributed by atoms with Gasteiger partial charge >= 0.3 is 48.8 Å². The van der Waals surface area contributed by atoms with Crippen LogP contribution in [0.3, 0.4) is 0 Å². The molecule has 1 rings (SSSR count). The van der Waals surface area contributed by atoms with Gasteiger partial charge in [0.15, 0.2) is 0 Å². The van der Waals surface area contributed by atoms with E-state index in [2.05, 4.69) is 0 Å². The third-order valence-corrected chi connectivity index (χ3v) is 4.28. The van der Waals surface area contributed by atoms with Crippen LogP contribution in [0.4, 0.5) is 0 Å². The maximum atomic E-state index is 1.61. The van der Waals surface area contributed by atoms with E-state index in [0.29, 0.717) is 0 Å². The molecule has 0 aliphatic heterocycles. The second-order valence-corrected chi connectivity index (χ2v) is 3.98. The van der Waals surface area contributed by atoms with Crippen molar-refractivity contribution >= 4 is 0 Å². The van der Waals surface area contributed by atoms with Crippen molar-refractivity contribution in [3.05, 3.63) is 0 Å². The molecule has 0 atom stereocenters. The van der Waals surface area contributed by atoms with E-state index in [4.69, 9.17) is 0 Å². The first kappa shape index (κ1) is 7.23. The van der Waals surface area contributed by atoms with Crippen LogP contribution in [0.15, 0.2) is 0 Å². The van der Waals surface area contributed by atoms with Crippen LogP contribution < -0.4 is 12.4 Å². The summed E-state index contributed by atoms with van der Waals surface area (Å²) < 4.78 is 1.61. The molecule has 0 aromatic rings. The van der Waals surface area contributed by atoms with Gasteiger partial charge in [0, 0.05) is 0 Å². The van der Waals surface area contributed by atoms with Crippen LogP contribution in [0, 0.1) is 5.92 Å². The van der Waals surface area contributed by atoms with Gasteiger partial charge in [-0.05, 0) is 0 Å². The first-order valence-corrected chi connectivity index (χ1v) is 6.11. The summed E-state index contributed by atoms with van der Waals surface area (Å²) in [5.41, 5.74) is 0. The molecule has 0 radical (unpaired) electrons. The minimum absolute atomic E-state index is 0. The van der Waals surface area contributed by atoms with Gasteiger partial charge in [0.25, 0.3) is 0 Å². The Labute approximate surface area is 61.1 Å². The average molecular weight is 291 g/mol. The summed E-state index contributed by atoms with van der Waals surface area (Å²) in [6.45, 7) is 0. The zero-order chi connectivity index (χ0) is 3.70. The summed E-state index contributed by atoms with van der Waals surface area (Å²) in [6, 6.07) is 0. The molecule has 1 aliphatic rings. The number of hydrogen-bond donors (Lipinski definition) is 0. The third-order valence-electron chi connectivity index (χ3n) is 1.11. The van der Waals surface area contributed by atoms with Crippen LogP contribution >= 0.6 is 0 Å². The van der Waals surface area contributed by atoms with Crippen LogP contribution in [0.25, 0.3) is 0 Å². The Hall–Kier alpha value is 1.23. The van der Waals surface area contributed by atoms with E-state index in [0.717, 1.165) is 26.1 Å². The normalized spacial score (nSPS) is 19.7. The van der Waals surface area contributed by atoms with E-state index in [1.807, 2.05) is 0 Å². The Kier molecular flexibility index (Phi) is 3.92. The molecule has 0 spiro atoms. The number of rotatable bonds is 1. The van der Waals surface area contributed by atoms with Gasteiger partial charge < -0.3 is 12.4 Å². The Morgan fingerprint density at radius 1 is 1.50 bits per heavy atom. The van der Waals surface area contributed by atoms with Crippen LogP contribution in [-0.4, -0.2) is 0 Å². The van der Waals surface area contributed by atoms with E-state index >= 15 is 0 Å². The van der Waals surface area contributed by atoms with E-state index in [1.165, 1.54) is 5.92 Å². The summed E-state index contributed by atoms with van der Waals surface area (Å²) in [5, 5.41) is 0. The fourth-order valence-electron chi connectivity index (χ4n) is 0.407. The number of hydrogen-bond acceptors (Lipinski definition) is 0. The molecule has 0 bridgehead atoms. The van der Waals surface area contributed by atoms with Crippen molar-refractivity contribution in [2.24, 2.45) is 5.92 Å². The van der Waals surface area contributed by atoms with E-state index in [9.17, 15) is 0 Å². The molecule has 32 valence electrons. The van der Waals surface area contributed by atoms with Crippen molar-refractivity contribution in [2.45, 2.75) is 16.8 Å². The fraction of sp³-hybridized carbons (Fsp3) is 1.00. The van der Waals surface area contributed by atoms with E-state index < -0.39 is 0 Å². The van der Waals surface area contributed by atoms with Gasteiger partial charge in [-0.25, -0.2) is 0 Å². The molecule has 0 aromatic heterocycles. The summed E-state index contributed by atoms with van der Waals surface area (Å²) in [6.07, 6.45) is 3.12. The van der Waals surface area contributed by atoms with E-state index in [-0.39, 0.29) is 12.4 Å². The zero-order valence-corrected chi connectivity index (χ0v) is 10.0. The third kappa shape index (κ3) is 2.41. The maximum absolute atomic E-state index is 1.61. The van der Waals surface area contributed by atoms with Crippen molar-refractivity contribution in [1.82, 2.24) is 0 Å². The number of halogens is 1. The Bertz CT molecular complexity index is 34.5. The molecule has 6 heavy (non-hydrogen) atoms. The van der Waals surface area contributed by atoms with Gasteiger partial charge in [-0.1, -0.05) is 0 Å². The predicted octanol–water partition coefficient (Wildman–Crippen LogP) is -1.63. The minimum atomic E-state index is 0. The second-order valence-electron chi connectivity index (χ2n) is 1.73. The molecule has 2 heteroatoms. The molecule has 0 unspecified atom stereocenters. The zero-order valence-electron chi connectivity index (χ0n) is 3.78. The molecular weight excluding hydrogens is 284 g/mol. The molecule has 1 aliphatic carbocycles. The van der Waals surface area contributed by atoms with Gasteiger partial charge in [-0.2, -0.15) is 0 Å². The van der Waals surface area contributed by atoms with Crippen LogP contribution in [-0.2, 0) is 26.1 Å². The molecule has 1 saturated carbocycles. The molecule has 1 fully saturated rings. The molecule has 0 nitrogen and oxygen atoms in total. The first-order chi connectivity index (χ1) is 2.43. The molecule has 0 amide bonds. The van der Waals surface area contributed by atoms with Crippen molar-refractivity contribution in [1.29, 1.82) is 0 Å². The first-order valence-electron chi connectivity index (χ1n) is 2.22. The van der Waals surface area contributed by atoms with Gasteiger partial charge in [0.1, 0.15) is 0 Å². The van der Waals surface area contributed by atoms with Gasteiger partial charge in [0.05, 0.1) is 0 Å². The van der Waals surface area contributed by atoms with Crippen molar-refractivity contribution in [3.63, 3.8) is 0 Å². The Balaban J connectivity index is 0.000000250. The van der Waals surface area contributed by atoms with Gasteiger partial charge in [-0.15, -0.1) is 0 Å². The van der Waals surface area contributed by atoms with Crippen LogP contribution in [0.2, 0.25) is 3.93 Å². The molecule has 0 N–H and O–H groups in total. The van der Waals surface area contributed by atoms with Gasteiger partial charge in [-0.3, -0.25) is 0 Å². The summed E-state index contributed by atoms with van der Waals surface area (Å²) in [5.74, 6) is 1.22.